The number of benzene rings is 1. The minimum absolute atomic E-state index is 0.0342. The Labute approximate surface area is 369 Å². The summed E-state index contributed by atoms with van der Waals surface area (Å²) in [6.07, 6.45) is 5.58. The predicted octanol–water partition coefficient (Wildman–Crippen LogP) is -0.0153. The maximum absolute atomic E-state index is 13.7. The summed E-state index contributed by atoms with van der Waals surface area (Å²) in [4.78, 5) is 104. The monoisotopic (exact) mass is 906 g/mol. The number of hydrogen-bond acceptors (Lipinski definition) is 13. The van der Waals surface area contributed by atoms with Crippen LogP contribution in [0, 0.1) is 5.92 Å². The fraction of sp³-hybridized carbons (Fsp3) is 0.575. The van der Waals surface area contributed by atoms with Crippen molar-refractivity contribution in [2.24, 2.45) is 5.92 Å². The Morgan fingerprint density at radius 2 is 1.35 bits per heavy atom. The molecule has 0 radical (unpaired) electrons. The number of aliphatic carboxylic acids is 4. The van der Waals surface area contributed by atoms with E-state index >= 15 is 0 Å². The number of unbranched alkanes of at least 4 members (excludes halogenated alkanes) is 1. The van der Waals surface area contributed by atoms with Crippen molar-refractivity contribution in [3.8, 4) is 0 Å². The number of carboxylic acid groups (broad SMARTS) is 4. The number of rotatable bonds is 24. The van der Waals surface area contributed by atoms with Crippen LogP contribution in [0.1, 0.15) is 45.1 Å². The first-order valence-electron chi connectivity index (χ1n) is 20.2. The van der Waals surface area contributed by atoms with Crippen LogP contribution in [-0.2, 0) is 44.8 Å². The normalized spacial score (nSPS) is 17.9. The van der Waals surface area contributed by atoms with E-state index in [0.29, 0.717) is 43.7 Å². The summed E-state index contributed by atoms with van der Waals surface area (Å²) in [5.74, 6) is -6.38. The molecule has 342 valence electrons. The van der Waals surface area contributed by atoms with Crippen LogP contribution in [0.3, 0.4) is 0 Å². The van der Waals surface area contributed by atoms with Crippen LogP contribution in [0.4, 0.5) is 5.69 Å². The van der Waals surface area contributed by atoms with E-state index in [9.17, 15) is 58.8 Å². The lowest BCUT2D eigenvalue weighted by molar-refractivity contribution is -0.143. The molecular formula is C40H58N8O12S2. The summed E-state index contributed by atoms with van der Waals surface area (Å²) in [5.41, 5.74) is 1.39. The lowest BCUT2D eigenvalue weighted by Crippen LogP contribution is -2.57. The van der Waals surface area contributed by atoms with Crippen LogP contribution < -0.4 is 21.3 Å². The van der Waals surface area contributed by atoms with Gasteiger partial charge in [0.1, 0.15) is 18.1 Å². The molecule has 0 aliphatic carbocycles. The molecule has 3 rings (SSSR count). The quantitative estimate of drug-likeness (QED) is 0.0385. The molecule has 2 heterocycles. The van der Waals surface area contributed by atoms with Gasteiger partial charge in [0.05, 0.1) is 19.6 Å². The van der Waals surface area contributed by atoms with Gasteiger partial charge in [-0.25, -0.2) is 4.79 Å². The molecule has 62 heavy (non-hydrogen) atoms. The summed E-state index contributed by atoms with van der Waals surface area (Å²) in [7, 11) is 0. The maximum atomic E-state index is 13.7. The lowest BCUT2D eigenvalue weighted by Gasteiger charge is -2.33. The van der Waals surface area contributed by atoms with Crippen LogP contribution in [0.15, 0.2) is 36.4 Å². The number of nitrogens with one attached hydrogen (secondary N) is 4. The van der Waals surface area contributed by atoms with E-state index in [1.165, 1.54) is 23.9 Å². The van der Waals surface area contributed by atoms with Gasteiger partial charge in [-0.1, -0.05) is 26.0 Å². The minimum atomic E-state index is -1.27. The molecule has 4 amide bonds. The first kappa shape index (κ1) is 51.2. The average molecular weight is 907 g/mol. The highest BCUT2D eigenvalue weighted by atomic mass is 32.2. The zero-order valence-corrected chi connectivity index (χ0v) is 36.8. The highest BCUT2D eigenvalue weighted by Crippen LogP contribution is 2.17. The highest BCUT2D eigenvalue weighted by molar-refractivity contribution is 7.98. The first-order valence-corrected chi connectivity index (χ1v) is 22.0. The van der Waals surface area contributed by atoms with Crippen molar-refractivity contribution in [2.45, 2.75) is 70.1 Å². The molecule has 4 atom stereocenters. The Bertz CT molecular complexity index is 1780. The van der Waals surface area contributed by atoms with Gasteiger partial charge in [-0.3, -0.25) is 53.2 Å². The van der Waals surface area contributed by atoms with Crippen molar-refractivity contribution in [3.05, 3.63) is 42.0 Å². The largest absolute Gasteiger partial charge is 0.480 e. The Hall–Kier alpha value is -5.16. The van der Waals surface area contributed by atoms with Gasteiger partial charge >= 0.3 is 23.9 Å². The fourth-order valence-electron chi connectivity index (χ4n) is 7.02. The summed E-state index contributed by atoms with van der Waals surface area (Å²) in [6, 6.07) is 3.49. The number of carbonyl (C=O) groups is 8. The van der Waals surface area contributed by atoms with E-state index in [4.69, 9.17) is 12.2 Å². The summed E-state index contributed by atoms with van der Waals surface area (Å²) >= 11 is 7.07. The maximum Gasteiger partial charge on any atom is 0.326 e. The highest BCUT2D eigenvalue weighted by Gasteiger charge is 2.32. The molecule has 1 fully saturated rings. The third-order valence-corrected chi connectivity index (χ3v) is 11.1. The molecule has 1 aromatic rings. The molecule has 4 unspecified atom stereocenters. The Morgan fingerprint density at radius 1 is 0.758 bits per heavy atom. The van der Waals surface area contributed by atoms with Crippen LogP contribution in [-0.4, -0.2) is 188 Å². The van der Waals surface area contributed by atoms with Crippen molar-refractivity contribution >= 4 is 82.3 Å². The van der Waals surface area contributed by atoms with Gasteiger partial charge in [0.2, 0.25) is 11.8 Å². The molecule has 1 saturated heterocycles. The number of amides is 4. The fourth-order valence-corrected chi connectivity index (χ4v) is 7.75. The van der Waals surface area contributed by atoms with Crippen molar-refractivity contribution in [1.29, 1.82) is 0 Å². The standard InChI is InChI=1S/C40H58N8O12S2/c1-25(2)36(38(58)42-30(39(59)60)6-4-5-14-48-31(49)11-12-32(48)50)44-37(57)29(13-19-62-3)43-40(61)41-27-9-7-26(8-10-27)20-28-21-46(23-34(53)54)16-15-45(22-33(51)52)17-18-47(28)24-35(55)56/h7-12,25,28-30,36H,4-6,13-24H2,1-3H3,(H,42,58)(H,44,57)(H,51,52)(H,53,54)(H,55,56)(H,59,60)(H2,41,43,61). The van der Waals surface area contributed by atoms with Crippen LogP contribution in [0.25, 0.3) is 0 Å². The van der Waals surface area contributed by atoms with Crippen LogP contribution >= 0.6 is 24.0 Å². The predicted molar refractivity (Wildman–Crippen MR) is 233 cm³/mol. The van der Waals surface area contributed by atoms with Gasteiger partial charge in [0, 0.05) is 63.1 Å². The third-order valence-electron chi connectivity index (χ3n) is 10.3. The Morgan fingerprint density at radius 3 is 1.94 bits per heavy atom. The van der Waals surface area contributed by atoms with Crippen molar-refractivity contribution in [1.82, 2.24) is 35.6 Å². The molecule has 20 nitrogen and oxygen atoms in total. The van der Waals surface area contributed by atoms with Gasteiger partial charge in [-0.15, -0.1) is 0 Å². The van der Waals surface area contributed by atoms with Gasteiger partial charge in [0.15, 0.2) is 5.11 Å². The molecule has 22 heteroatoms. The second-order valence-corrected chi connectivity index (χ2v) is 16.8. The molecule has 8 N–H and O–H groups in total. The molecule has 0 spiro atoms. The van der Waals surface area contributed by atoms with Gasteiger partial charge in [-0.2, -0.15) is 11.8 Å². The second kappa shape index (κ2) is 25.7. The summed E-state index contributed by atoms with van der Waals surface area (Å²) in [6.45, 7) is 4.02. The van der Waals surface area contributed by atoms with Crippen molar-refractivity contribution in [2.75, 3.05) is 76.2 Å². The summed E-state index contributed by atoms with van der Waals surface area (Å²) in [5, 5.41) is 50.0. The third kappa shape index (κ3) is 17.7. The lowest BCUT2D eigenvalue weighted by atomic mass is 10.0. The topological polar surface area (TPSA) is 279 Å². The SMILES string of the molecule is CSCCC(NC(=S)Nc1ccc(CC2CN(CC(=O)O)CCN(CC(=O)O)CCN2CC(=O)O)cc1)C(=O)NC(C(=O)NC(CCCCN1C(=O)C=CC1=O)C(=O)O)C(C)C. The van der Waals surface area contributed by atoms with E-state index in [1.807, 2.05) is 18.4 Å². The molecule has 1 aromatic carbocycles. The Kier molecular flexibility index (Phi) is 21.2. The number of anilines is 1. The number of thioether (sulfide) groups is 1. The van der Waals surface area contributed by atoms with Gasteiger partial charge in [-0.05, 0) is 79.9 Å². The van der Waals surface area contributed by atoms with E-state index in [0.717, 1.165) is 10.5 Å². The van der Waals surface area contributed by atoms with Crippen LogP contribution in [0.5, 0.6) is 0 Å². The first-order chi connectivity index (χ1) is 29.4. The second-order valence-electron chi connectivity index (χ2n) is 15.4. The molecular weight excluding hydrogens is 849 g/mol. The van der Waals surface area contributed by atoms with Gasteiger partial charge in [0.25, 0.3) is 11.8 Å². The molecule has 2 aliphatic heterocycles. The number of hydrogen-bond donors (Lipinski definition) is 8. The van der Waals surface area contributed by atoms with Crippen molar-refractivity contribution < 1.29 is 58.8 Å². The zero-order chi connectivity index (χ0) is 45.9. The number of imide groups is 1. The van der Waals surface area contributed by atoms with E-state index in [-0.39, 0.29) is 63.9 Å². The smallest absolute Gasteiger partial charge is 0.326 e. The van der Waals surface area contributed by atoms with E-state index in [2.05, 4.69) is 21.3 Å². The van der Waals surface area contributed by atoms with Gasteiger partial charge < -0.3 is 41.7 Å². The van der Waals surface area contributed by atoms with Crippen molar-refractivity contribution in [3.63, 3.8) is 0 Å². The number of carboxylic acids is 4. The molecule has 2 aliphatic rings. The minimum Gasteiger partial charge on any atom is -0.480 e. The zero-order valence-electron chi connectivity index (χ0n) is 35.1. The number of carbonyl (C=O) groups excluding carboxylic acids is 4. The molecule has 0 aromatic heterocycles. The van der Waals surface area contributed by atoms with E-state index < -0.39 is 77.6 Å². The van der Waals surface area contributed by atoms with E-state index in [1.54, 1.807) is 40.7 Å². The number of nitrogens with zero attached hydrogens (tertiary/aromatic N) is 4. The summed E-state index contributed by atoms with van der Waals surface area (Å²) < 4.78 is 0. The Balaban J connectivity index is 1.65. The molecule has 0 saturated carbocycles. The van der Waals surface area contributed by atoms with Crippen LogP contribution in [0.2, 0.25) is 0 Å². The average Bonchev–Trinajstić information content (AvgIpc) is 3.54. The molecule has 0 bridgehead atoms. The number of thiocarbonyl (C=S) groups is 1.